The first-order valence-electron chi connectivity index (χ1n) is 7.58. The molecule has 5 nitrogen and oxygen atoms in total. The van der Waals surface area contributed by atoms with Crippen LogP contribution in [0, 0.1) is 0 Å². The maximum atomic E-state index is 12.6. The van der Waals surface area contributed by atoms with Crippen LogP contribution < -0.4 is 5.73 Å². The van der Waals surface area contributed by atoms with Crippen LogP contribution in [0.15, 0.2) is 48.5 Å². The van der Waals surface area contributed by atoms with Crippen molar-refractivity contribution >= 4 is 35.1 Å². The molecule has 1 fully saturated rings. The summed E-state index contributed by atoms with van der Waals surface area (Å²) in [4.78, 5) is 24.9. The fourth-order valence-electron chi connectivity index (χ4n) is 3.04. The largest absolute Gasteiger partial charge is 0.463 e. The van der Waals surface area contributed by atoms with Gasteiger partial charge in [-0.05, 0) is 30.7 Å². The van der Waals surface area contributed by atoms with Crippen molar-refractivity contribution in [1.29, 1.82) is 0 Å². The average Bonchev–Trinajstić information content (AvgIpc) is 3.29. The first-order valence-corrected chi connectivity index (χ1v) is 8.34. The van der Waals surface area contributed by atoms with E-state index in [9.17, 15) is 9.59 Å². The third-order valence-corrected chi connectivity index (χ3v) is 4.76. The third kappa shape index (κ3) is 2.51. The van der Waals surface area contributed by atoms with Crippen LogP contribution in [-0.4, -0.2) is 24.1 Å². The van der Waals surface area contributed by atoms with E-state index in [4.69, 9.17) is 38.4 Å². The Morgan fingerprint density at radius 3 is 2.32 bits per heavy atom. The van der Waals surface area contributed by atoms with Gasteiger partial charge in [0.05, 0.1) is 6.61 Å². The standard InChI is InChI=1S/C18H15Cl2NO4/c1-2-24-16(23)18(15(21)22)17(25-18,11-7-9-12(19)10-8-11)13-5-3-4-6-14(13)20/h3-10H,2H2,1H3,(H2,21,22)/t17-,18+/m0/s1. The van der Waals surface area contributed by atoms with E-state index >= 15 is 0 Å². The summed E-state index contributed by atoms with van der Waals surface area (Å²) in [5.74, 6) is -1.79. The Labute approximate surface area is 154 Å². The minimum Gasteiger partial charge on any atom is -0.463 e. The number of hydrogen-bond donors (Lipinski definition) is 1. The van der Waals surface area contributed by atoms with Gasteiger partial charge < -0.3 is 15.2 Å². The fraction of sp³-hybridized carbons (Fsp3) is 0.222. The number of esters is 1. The summed E-state index contributed by atoms with van der Waals surface area (Å²) in [5.41, 5.74) is 3.09. The predicted octanol–water partition coefficient (Wildman–Crippen LogP) is 3.05. The van der Waals surface area contributed by atoms with Crippen LogP contribution in [-0.2, 0) is 24.7 Å². The maximum Gasteiger partial charge on any atom is 0.352 e. The molecule has 7 heteroatoms. The summed E-state index contributed by atoms with van der Waals surface area (Å²) in [6.45, 7) is 1.71. The SMILES string of the molecule is CCOC(=O)[C@@]1(C(N)=O)O[C@@]1(c1ccc(Cl)cc1)c1ccccc1Cl. The van der Waals surface area contributed by atoms with Gasteiger partial charge in [-0.3, -0.25) is 4.79 Å². The minimum atomic E-state index is -1.98. The van der Waals surface area contributed by atoms with Gasteiger partial charge in [0.2, 0.25) is 0 Å². The van der Waals surface area contributed by atoms with Crippen molar-refractivity contribution in [3.05, 3.63) is 69.7 Å². The van der Waals surface area contributed by atoms with Crippen LogP contribution in [0.3, 0.4) is 0 Å². The van der Waals surface area contributed by atoms with Crippen LogP contribution in [0.5, 0.6) is 0 Å². The van der Waals surface area contributed by atoms with Crippen LogP contribution >= 0.6 is 23.2 Å². The number of hydrogen-bond acceptors (Lipinski definition) is 4. The van der Waals surface area contributed by atoms with E-state index < -0.39 is 23.1 Å². The molecule has 0 unspecified atom stereocenters. The molecule has 1 saturated heterocycles. The number of carbonyl (C=O) groups is 2. The number of benzene rings is 2. The number of amides is 1. The molecular formula is C18H15Cl2NO4. The summed E-state index contributed by atoms with van der Waals surface area (Å²) in [7, 11) is 0. The zero-order valence-corrected chi connectivity index (χ0v) is 14.8. The van der Waals surface area contributed by atoms with Crippen molar-refractivity contribution < 1.29 is 19.1 Å². The summed E-state index contributed by atoms with van der Waals surface area (Å²) < 4.78 is 10.8. The van der Waals surface area contributed by atoms with Gasteiger partial charge in [0.15, 0.2) is 5.60 Å². The van der Waals surface area contributed by atoms with Crippen molar-refractivity contribution in [1.82, 2.24) is 0 Å². The smallest absolute Gasteiger partial charge is 0.352 e. The van der Waals surface area contributed by atoms with Crippen LogP contribution in [0.25, 0.3) is 0 Å². The van der Waals surface area contributed by atoms with Gasteiger partial charge in [-0.15, -0.1) is 0 Å². The van der Waals surface area contributed by atoms with E-state index in [1.54, 1.807) is 55.5 Å². The van der Waals surface area contributed by atoms with E-state index in [0.29, 0.717) is 21.2 Å². The Morgan fingerprint density at radius 1 is 1.12 bits per heavy atom. The average molecular weight is 380 g/mol. The van der Waals surface area contributed by atoms with E-state index in [-0.39, 0.29) is 6.61 Å². The van der Waals surface area contributed by atoms with E-state index in [2.05, 4.69) is 0 Å². The lowest BCUT2D eigenvalue weighted by Gasteiger charge is -2.19. The monoisotopic (exact) mass is 379 g/mol. The summed E-state index contributed by atoms with van der Waals surface area (Å²) >= 11 is 12.3. The zero-order valence-electron chi connectivity index (χ0n) is 13.3. The van der Waals surface area contributed by atoms with E-state index in [1.807, 2.05) is 0 Å². The minimum absolute atomic E-state index is 0.0798. The number of epoxide rings is 1. The van der Waals surface area contributed by atoms with Gasteiger partial charge in [0.1, 0.15) is 0 Å². The Bertz CT molecular complexity index is 839. The normalized spacial score (nSPS) is 24.6. The van der Waals surface area contributed by atoms with Crippen molar-refractivity contribution in [2.75, 3.05) is 6.61 Å². The molecule has 0 spiro atoms. The summed E-state index contributed by atoms with van der Waals surface area (Å²) in [6.07, 6.45) is 0. The molecule has 0 radical (unpaired) electrons. The van der Waals surface area contributed by atoms with Crippen LogP contribution in [0.2, 0.25) is 10.0 Å². The Kier molecular flexibility index (Phi) is 4.49. The number of nitrogens with two attached hydrogens (primary N) is 1. The molecule has 0 bridgehead atoms. The predicted molar refractivity (Wildman–Crippen MR) is 93.3 cm³/mol. The number of ether oxygens (including phenoxy) is 2. The second kappa shape index (κ2) is 6.33. The molecule has 1 amide bonds. The lowest BCUT2D eigenvalue weighted by atomic mass is 9.80. The zero-order chi connectivity index (χ0) is 18.2. The first-order chi connectivity index (χ1) is 11.9. The summed E-state index contributed by atoms with van der Waals surface area (Å²) in [5, 5.41) is 0.837. The van der Waals surface area contributed by atoms with Crippen LogP contribution in [0.4, 0.5) is 0 Å². The Morgan fingerprint density at radius 2 is 1.76 bits per heavy atom. The van der Waals surface area contributed by atoms with Crippen LogP contribution in [0.1, 0.15) is 18.1 Å². The van der Waals surface area contributed by atoms with Gasteiger partial charge >= 0.3 is 5.97 Å². The van der Waals surface area contributed by atoms with Crippen molar-refractivity contribution in [3.8, 4) is 0 Å². The third-order valence-electron chi connectivity index (χ3n) is 4.17. The molecular weight excluding hydrogens is 365 g/mol. The highest BCUT2D eigenvalue weighted by Crippen LogP contribution is 2.62. The molecule has 2 N–H and O–H groups in total. The molecule has 3 rings (SSSR count). The Balaban J connectivity index is 2.25. The van der Waals surface area contributed by atoms with E-state index in [0.717, 1.165) is 0 Å². The highest BCUT2D eigenvalue weighted by Gasteiger charge is 2.82. The molecule has 1 heterocycles. The van der Waals surface area contributed by atoms with Crippen molar-refractivity contribution in [2.45, 2.75) is 18.1 Å². The lowest BCUT2D eigenvalue weighted by Crippen LogP contribution is -2.46. The molecule has 2 atom stereocenters. The second-order valence-electron chi connectivity index (χ2n) is 5.54. The lowest BCUT2D eigenvalue weighted by molar-refractivity contribution is -0.153. The number of carbonyl (C=O) groups excluding carboxylic acids is 2. The topological polar surface area (TPSA) is 81.9 Å². The van der Waals surface area contributed by atoms with Crippen molar-refractivity contribution in [2.24, 2.45) is 5.73 Å². The molecule has 2 aromatic carbocycles. The van der Waals surface area contributed by atoms with Gasteiger partial charge in [0, 0.05) is 15.6 Å². The molecule has 0 aliphatic carbocycles. The molecule has 130 valence electrons. The van der Waals surface area contributed by atoms with Gasteiger partial charge in [-0.2, -0.15) is 0 Å². The first kappa shape index (κ1) is 17.7. The fourth-order valence-corrected chi connectivity index (χ4v) is 3.44. The highest BCUT2D eigenvalue weighted by molar-refractivity contribution is 6.32. The number of halogens is 2. The molecule has 0 aromatic heterocycles. The summed E-state index contributed by atoms with van der Waals surface area (Å²) in [6, 6.07) is 13.4. The van der Waals surface area contributed by atoms with Gasteiger partial charge in [-0.1, -0.05) is 53.5 Å². The second-order valence-corrected chi connectivity index (χ2v) is 6.38. The molecule has 2 aromatic rings. The molecule has 0 saturated carbocycles. The molecule has 25 heavy (non-hydrogen) atoms. The quantitative estimate of drug-likeness (QED) is 0.491. The molecule has 1 aliphatic rings. The Hall–Kier alpha value is -2.08. The van der Waals surface area contributed by atoms with Crippen molar-refractivity contribution in [3.63, 3.8) is 0 Å². The van der Waals surface area contributed by atoms with Gasteiger partial charge in [0.25, 0.3) is 11.5 Å². The van der Waals surface area contributed by atoms with E-state index in [1.165, 1.54) is 0 Å². The number of primary amides is 1. The highest BCUT2D eigenvalue weighted by atomic mass is 35.5. The molecule has 1 aliphatic heterocycles. The van der Waals surface area contributed by atoms with Gasteiger partial charge in [-0.25, -0.2) is 4.79 Å². The number of rotatable bonds is 5. The maximum absolute atomic E-state index is 12.6.